The summed E-state index contributed by atoms with van der Waals surface area (Å²) in [6.07, 6.45) is 16.0. The maximum absolute atomic E-state index is 11.6. The number of carbonyl (C=O) groups is 1. The molecule has 8 nitrogen and oxygen atoms in total. The van der Waals surface area contributed by atoms with Crippen LogP contribution in [0.4, 0.5) is 5.82 Å². The molecule has 2 aromatic rings. The molecule has 0 radical (unpaired) electrons. The van der Waals surface area contributed by atoms with Gasteiger partial charge in [-0.3, -0.25) is 9.69 Å². The van der Waals surface area contributed by atoms with Crippen molar-refractivity contribution in [2.24, 2.45) is 5.92 Å². The van der Waals surface area contributed by atoms with E-state index < -0.39 is 0 Å². The molecule has 0 spiro atoms. The van der Waals surface area contributed by atoms with Crippen LogP contribution in [0.15, 0.2) is 30.5 Å². The lowest BCUT2D eigenvalue weighted by Gasteiger charge is -2.46. The summed E-state index contributed by atoms with van der Waals surface area (Å²) in [7, 11) is 0. The van der Waals surface area contributed by atoms with Crippen LogP contribution in [0.1, 0.15) is 56.8 Å². The summed E-state index contributed by atoms with van der Waals surface area (Å²) < 4.78 is 2.18. The highest BCUT2D eigenvalue weighted by Crippen LogP contribution is 2.52. The summed E-state index contributed by atoms with van der Waals surface area (Å²) in [6.45, 7) is 5.14. The van der Waals surface area contributed by atoms with Gasteiger partial charge in [0.1, 0.15) is 11.5 Å². The second-order valence-corrected chi connectivity index (χ2v) is 9.80. The number of fused-ring (bicyclic) bond motifs is 1. The molecular formula is C24H33N7O. The summed E-state index contributed by atoms with van der Waals surface area (Å²) >= 11 is 0. The fourth-order valence-corrected chi connectivity index (χ4v) is 6.16. The topological polar surface area (TPSA) is 73.3 Å². The number of likely N-dealkylation sites (tertiary alicyclic amines) is 2. The predicted molar refractivity (Wildman–Crippen MR) is 122 cm³/mol. The molecule has 1 unspecified atom stereocenters. The fraction of sp³-hybridized carbons (Fsp3) is 0.625. The van der Waals surface area contributed by atoms with Gasteiger partial charge in [0.25, 0.3) is 0 Å². The van der Waals surface area contributed by atoms with E-state index in [0.717, 1.165) is 76.1 Å². The number of H-pyrrole nitrogens is 1. The number of anilines is 1. The number of aromatic amines is 1. The summed E-state index contributed by atoms with van der Waals surface area (Å²) in [4.78, 5) is 26.8. The highest BCUT2D eigenvalue weighted by atomic mass is 16.1. The van der Waals surface area contributed by atoms with Crippen molar-refractivity contribution in [3.63, 3.8) is 0 Å². The number of aryl methyl sites for hydroxylation is 1. The number of aromatic nitrogens is 4. The molecule has 0 bridgehead atoms. The van der Waals surface area contributed by atoms with Crippen molar-refractivity contribution in [2.45, 2.75) is 70.0 Å². The minimum absolute atomic E-state index is 0.168. The molecule has 1 aliphatic carbocycles. The number of imidazole rings is 1. The number of amides is 1. The lowest BCUT2D eigenvalue weighted by molar-refractivity contribution is -0.120. The minimum Gasteiger partial charge on any atom is -0.358 e. The van der Waals surface area contributed by atoms with Gasteiger partial charge in [0.2, 0.25) is 6.41 Å². The Balaban J connectivity index is 1.32. The smallest absolute Gasteiger partial charge is 0.209 e. The van der Waals surface area contributed by atoms with Gasteiger partial charge in [-0.05, 0) is 63.0 Å². The van der Waals surface area contributed by atoms with Crippen LogP contribution in [0.5, 0.6) is 0 Å². The van der Waals surface area contributed by atoms with Crippen LogP contribution < -0.4 is 4.90 Å². The van der Waals surface area contributed by atoms with Gasteiger partial charge in [-0.15, -0.1) is 0 Å². The van der Waals surface area contributed by atoms with Crippen molar-refractivity contribution in [1.82, 2.24) is 29.5 Å². The van der Waals surface area contributed by atoms with Gasteiger partial charge < -0.3 is 14.8 Å². The lowest BCUT2D eigenvalue weighted by Crippen LogP contribution is -2.51. The van der Waals surface area contributed by atoms with Crippen LogP contribution in [0.25, 0.3) is 0 Å². The van der Waals surface area contributed by atoms with Gasteiger partial charge >= 0.3 is 0 Å². The molecular weight excluding hydrogens is 402 g/mol. The molecule has 4 aliphatic rings. The Labute approximate surface area is 189 Å². The molecule has 2 saturated heterocycles. The quantitative estimate of drug-likeness (QED) is 0.707. The van der Waals surface area contributed by atoms with Crippen LogP contribution in [0.3, 0.4) is 0 Å². The molecule has 2 atom stereocenters. The van der Waals surface area contributed by atoms with Gasteiger partial charge in [0.05, 0.1) is 17.7 Å². The SMILES string of the molecule is CCc1ccn(C2(N3C(N4CCCC([C@H]5CCCN5C=O)C4)=CCc4[nH]cnc43)CC2)n1. The summed E-state index contributed by atoms with van der Waals surface area (Å²) in [5.74, 6) is 2.85. The van der Waals surface area contributed by atoms with Crippen LogP contribution in [-0.4, -0.2) is 61.6 Å². The Hall–Kier alpha value is -2.77. The molecule has 3 fully saturated rings. The van der Waals surface area contributed by atoms with E-state index in [9.17, 15) is 4.79 Å². The lowest BCUT2D eigenvalue weighted by atomic mass is 9.89. The maximum Gasteiger partial charge on any atom is 0.209 e. The average molecular weight is 436 g/mol. The Morgan fingerprint density at radius 1 is 1.25 bits per heavy atom. The highest BCUT2D eigenvalue weighted by Gasteiger charge is 2.55. The van der Waals surface area contributed by atoms with Crippen LogP contribution >= 0.6 is 0 Å². The third-order valence-electron chi connectivity index (χ3n) is 7.98. The molecule has 0 aromatic carbocycles. The Bertz CT molecular complexity index is 1020. The van der Waals surface area contributed by atoms with E-state index in [-0.39, 0.29) is 5.66 Å². The largest absolute Gasteiger partial charge is 0.358 e. The summed E-state index contributed by atoms with van der Waals surface area (Å²) in [5.41, 5.74) is 2.15. The van der Waals surface area contributed by atoms with E-state index in [2.05, 4.69) is 44.7 Å². The summed E-state index contributed by atoms with van der Waals surface area (Å²) in [5, 5.41) is 4.92. The minimum atomic E-state index is -0.168. The third kappa shape index (κ3) is 3.06. The standard InChI is InChI=1S/C24H33N7O/c1-2-19-9-14-30(27-19)24(10-11-24)31-22(8-7-20-23(31)26-16-25-20)28-12-3-5-18(15-28)21-6-4-13-29(21)17-32/h8-9,14,16-18,21H,2-7,10-13,15H2,1H3,(H,25,26)/t18?,21-/m1/s1. The monoisotopic (exact) mass is 435 g/mol. The van der Waals surface area contributed by atoms with Crippen LogP contribution in [-0.2, 0) is 23.3 Å². The number of piperidine rings is 1. The molecule has 32 heavy (non-hydrogen) atoms. The molecule has 1 N–H and O–H groups in total. The van der Waals surface area contributed by atoms with Gasteiger partial charge in [0, 0.05) is 38.3 Å². The molecule has 1 amide bonds. The van der Waals surface area contributed by atoms with E-state index >= 15 is 0 Å². The Morgan fingerprint density at radius 2 is 2.12 bits per heavy atom. The van der Waals surface area contributed by atoms with E-state index in [1.165, 1.54) is 24.4 Å². The van der Waals surface area contributed by atoms with E-state index in [4.69, 9.17) is 10.1 Å². The maximum atomic E-state index is 11.6. The molecule has 6 rings (SSSR count). The summed E-state index contributed by atoms with van der Waals surface area (Å²) in [6, 6.07) is 2.53. The normalized spacial score (nSPS) is 26.8. The van der Waals surface area contributed by atoms with Crippen LogP contribution in [0.2, 0.25) is 0 Å². The second-order valence-electron chi connectivity index (χ2n) is 9.80. The zero-order chi connectivity index (χ0) is 21.7. The van der Waals surface area contributed by atoms with Crippen molar-refractivity contribution < 1.29 is 4.79 Å². The first-order chi connectivity index (χ1) is 15.7. The third-order valence-corrected chi connectivity index (χ3v) is 7.98. The molecule has 1 saturated carbocycles. The molecule has 170 valence electrons. The number of nitrogens with zero attached hydrogens (tertiary/aromatic N) is 6. The molecule has 8 heteroatoms. The van der Waals surface area contributed by atoms with Crippen molar-refractivity contribution in [3.05, 3.63) is 41.9 Å². The zero-order valence-electron chi connectivity index (χ0n) is 18.9. The van der Waals surface area contributed by atoms with Crippen molar-refractivity contribution in [1.29, 1.82) is 0 Å². The molecule has 3 aliphatic heterocycles. The average Bonchev–Trinajstić information content (AvgIpc) is 3.24. The van der Waals surface area contributed by atoms with Gasteiger partial charge in [0.15, 0.2) is 5.82 Å². The zero-order valence-corrected chi connectivity index (χ0v) is 18.9. The second kappa shape index (κ2) is 7.67. The highest BCUT2D eigenvalue weighted by molar-refractivity contribution is 5.57. The number of nitrogens with one attached hydrogen (secondary N) is 1. The van der Waals surface area contributed by atoms with Crippen molar-refractivity contribution in [2.75, 3.05) is 24.5 Å². The first kappa shape index (κ1) is 19.9. The van der Waals surface area contributed by atoms with Gasteiger partial charge in [-0.2, -0.15) is 5.10 Å². The number of hydrogen-bond acceptors (Lipinski definition) is 5. The predicted octanol–water partition coefficient (Wildman–Crippen LogP) is 2.85. The van der Waals surface area contributed by atoms with Gasteiger partial charge in [-0.1, -0.05) is 6.92 Å². The first-order valence-corrected chi connectivity index (χ1v) is 12.3. The van der Waals surface area contributed by atoms with E-state index in [0.29, 0.717) is 12.0 Å². The Morgan fingerprint density at radius 3 is 2.91 bits per heavy atom. The van der Waals surface area contributed by atoms with E-state index in [1.807, 2.05) is 11.2 Å². The van der Waals surface area contributed by atoms with Crippen molar-refractivity contribution in [3.8, 4) is 0 Å². The number of carbonyl (C=O) groups excluding carboxylic acids is 1. The fourth-order valence-electron chi connectivity index (χ4n) is 6.16. The van der Waals surface area contributed by atoms with Crippen molar-refractivity contribution >= 4 is 12.2 Å². The molecule has 5 heterocycles. The van der Waals surface area contributed by atoms with E-state index in [1.54, 1.807) is 0 Å². The number of allylic oxidation sites excluding steroid dienone is 1. The number of hydrogen-bond donors (Lipinski definition) is 1. The Kier molecular flexibility index (Phi) is 4.77. The number of rotatable bonds is 6. The van der Waals surface area contributed by atoms with Crippen LogP contribution in [0, 0.1) is 5.92 Å². The molecule has 2 aromatic heterocycles. The first-order valence-electron chi connectivity index (χ1n) is 12.3. The van der Waals surface area contributed by atoms with Gasteiger partial charge in [-0.25, -0.2) is 9.67 Å².